The number of azo groups is 1. The number of hydrogen-bond donors (Lipinski definition) is 2. The first-order valence-electron chi connectivity index (χ1n) is 9.28. The Balaban J connectivity index is 1.59. The number of carboxylic acid groups (broad SMARTS) is 1. The second kappa shape index (κ2) is 7.17. The minimum absolute atomic E-state index is 0.391. The number of hydrogen-bond acceptors (Lipinski definition) is 7. The van der Waals surface area contributed by atoms with Crippen molar-refractivity contribution in [3.8, 4) is 0 Å². The summed E-state index contributed by atoms with van der Waals surface area (Å²) in [6, 6.07) is 11.7. The fourth-order valence-electron chi connectivity index (χ4n) is 3.83. The number of aromatic nitrogens is 2. The smallest absolute Gasteiger partial charge is 0.422 e. The maximum atomic E-state index is 11.3. The van der Waals surface area contributed by atoms with Gasteiger partial charge in [0.25, 0.3) is 0 Å². The van der Waals surface area contributed by atoms with Crippen molar-refractivity contribution >= 4 is 40.0 Å². The maximum absolute atomic E-state index is 11.3. The van der Waals surface area contributed by atoms with E-state index in [1.807, 2.05) is 41.4 Å². The van der Waals surface area contributed by atoms with Crippen molar-refractivity contribution < 1.29 is 19.6 Å². The van der Waals surface area contributed by atoms with Crippen LogP contribution in [0.15, 0.2) is 52.7 Å². The first-order chi connectivity index (χ1) is 13.9. The van der Waals surface area contributed by atoms with Gasteiger partial charge in [0.2, 0.25) is 0 Å². The molecule has 1 aliphatic rings. The van der Waals surface area contributed by atoms with Gasteiger partial charge in [-0.25, -0.2) is 9.13 Å². The van der Waals surface area contributed by atoms with Gasteiger partial charge in [0, 0.05) is 29.1 Å². The van der Waals surface area contributed by atoms with Gasteiger partial charge in [0.1, 0.15) is 16.7 Å². The molecule has 0 saturated carbocycles. The lowest BCUT2D eigenvalue weighted by Gasteiger charge is -2.28. The zero-order valence-electron chi connectivity index (χ0n) is 16.2. The van der Waals surface area contributed by atoms with Gasteiger partial charge in [-0.15, -0.1) is 0 Å². The van der Waals surface area contributed by atoms with Crippen LogP contribution < -0.4 is 20.3 Å². The molecular weight excluding hydrogens is 372 g/mol. The molecule has 1 saturated heterocycles. The molecule has 1 aromatic heterocycles. The van der Waals surface area contributed by atoms with Crippen LogP contribution in [0.5, 0.6) is 0 Å². The second-order valence-corrected chi connectivity index (χ2v) is 7.20. The van der Waals surface area contributed by atoms with Crippen LogP contribution in [0.3, 0.4) is 0 Å². The van der Waals surface area contributed by atoms with Crippen LogP contribution in [0.4, 0.5) is 23.0 Å². The van der Waals surface area contributed by atoms with E-state index in [1.165, 1.54) is 0 Å². The van der Waals surface area contributed by atoms with Gasteiger partial charge in [-0.2, -0.15) is 0 Å². The highest BCUT2D eigenvalue weighted by Crippen LogP contribution is 2.28. The number of nitrogen functional groups attached to an aromatic ring is 1. The van der Waals surface area contributed by atoms with Crippen LogP contribution >= 0.6 is 0 Å². The van der Waals surface area contributed by atoms with Gasteiger partial charge >= 0.3 is 5.95 Å². The summed E-state index contributed by atoms with van der Waals surface area (Å²) in [6.45, 7) is 0.454. The summed E-state index contributed by atoms with van der Waals surface area (Å²) >= 11 is 0. The number of aliphatic hydroxyl groups excluding tert-OH is 1. The number of fused-ring (bicyclic) bond motifs is 1. The average Bonchev–Trinajstić information content (AvgIpc) is 3.19. The Hall–Kier alpha value is -3.46. The lowest BCUT2D eigenvalue weighted by atomic mass is 10.1. The van der Waals surface area contributed by atoms with Gasteiger partial charge in [-0.3, -0.25) is 0 Å². The van der Waals surface area contributed by atoms with E-state index < -0.39 is 18.1 Å². The van der Waals surface area contributed by atoms with E-state index in [0.29, 0.717) is 36.0 Å². The van der Waals surface area contributed by atoms with Gasteiger partial charge in [-0.1, -0.05) is 5.11 Å². The molecule has 29 heavy (non-hydrogen) atoms. The van der Waals surface area contributed by atoms with Crippen molar-refractivity contribution in [2.75, 3.05) is 17.2 Å². The zero-order valence-corrected chi connectivity index (χ0v) is 16.2. The largest absolute Gasteiger partial charge is 0.548 e. The topological polar surface area (TPSA) is 123 Å². The van der Waals surface area contributed by atoms with Crippen molar-refractivity contribution in [1.29, 1.82) is 0 Å². The maximum Gasteiger partial charge on any atom is 0.422 e. The predicted octanol–water partition coefficient (Wildman–Crippen LogP) is 0.690. The summed E-state index contributed by atoms with van der Waals surface area (Å²) in [6.07, 6.45) is -0.540. The molecule has 0 amide bonds. The molecule has 150 valence electrons. The number of nitrogens with two attached hydrogens (primary N) is 1. The number of nitrogens with zero attached hydrogens (tertiary/aromatic N) is 5. The Morgan fingerprint density at radius 1 is 1.24 bits per heavy atom. The molecule has 2 heterocycles. The Bertz CT molecular complexity index is 1110. The quantitative estimate of drug-likeness (QED) is 0.383. The molecule has 0 bridgehead atoms. The summed E-state index contributed by atoms with van der Waals surface area (Å²) in [5.41, 5.74) is 9.83. The number of benzene rings is 2. The average molecular weight is 394 g/mol. The van der Waals surface area contributed by atoms with Gasteiger partial charge in [0.05, 0.1) is 32.2 Å². The molecule has 0 spiro atoms. The summed E-state index contributed by atoms with van der Waals surface area (Å²) in [5.74, 6) is -0.614. The van der Waals surface area contributed by atoms with E-state index in [-0.39, 0.29) is 0 Å². The molecular formula is C20H22N6O3. The molecule has 2 aromatic carbocycles. The lowest BCUT2D eigenvalue weighted by Crippen LogP contribution is -2.49. The number of carboxylic acids is 1. The first kappa shape index (κ1) is 18.9. The summed E-state index contributed by atoms with van der Waals surface area (Å²) in [7, 11) is 3.81. The van der Waals surface area contributed by atoms with E-state index >= 15 is 0 Å². The Morgan fingerprint density at radius 3 is 2.66 bits per heavy atom. The minimum atomic E-state index is -1.28. The van der Waals surface area contributed by atoms with E-state index in [0.717, 1.165) is 11.0 Å². The highest BCUT2D eigenvalue weighted by molar-refractivity contribution is 5.79. The number of aryl methyl sites for hydroxylation is 2. The highest BCUT2D eigenvalue weighted by Gasteiger charge is 2.33. The van der Waals surface area contributed by atoms with E-state index in [1.54, 1.807) is 29.2 Å². The van der Waals surface area contributed by atoms with Crippen molar-refractivity contribution in [1.82, 2.24) is 4.57 Å². The monoisotopic (exact) mass is 394 g/mol. The second-order valence-electron chi connectivity index (χ2n) is 7.20. The standard InChI is InChI=1S/C20H22N6O3/c1-24-15-8-3-12(21)11-16(15)25(2)20(24)23-22-13-4-6-14(7-5-13)26-10-9-17(27)18(26)19(28)29/h3-8,11,17-18,27H,9-10H2,1-2H3,(H2-,21,22,28,29). The Kier molecular flexibility index (Phi) is 4.67. The fourth-order valence-corrected chi connectivity index (χ4v) is 3.83. The van der Waals surface area contributed by atoms with Crippen LogP contribution in [0.25, 0.3) is 11.0 Å². The van der Waals surface area contributed by atoms with Gasteiger partial charge < -0.3 is 25.6 Å². The Morgan fingerprint density at radius 2 is 1.97 bits per heavy atom. The van der Waals surface area contributed by atoms with Crippen LogP contribution in [0.1, 0.15) is 6.42 Å². The fraction of sp³-hybridized carbons (Fsp3) is 0.300. The lowest BCUT2D eigenvalue weighted by molar-refractivity contribution is -0.632. The zero-order chi connectivity index (χ0) is 20.7. The molecule has 2 atom stereocenters. The minimum Gasteiger partial charge on any atom is -0.548 e. The van der Waals surface area contributed by atoms with Gasteiger partial charge in [0.15, 0.2) is 0 Å². The normalized spacial score (nSPS) is 19.5. The number of anilines is 2. The van der Waals surface area contributed by atoms with Crippen molar-refractivity contribution in [2.24, 2.45) is 24.3 Å². The first-order valence-corrected chi connectivity index (χ1v) is 9.28. The molecule has 2 unspecified atom stereocenters. The number of imidazole rings is 1. The molecule has 1 fully saturated rings. The number of rotatable bonds is 4. The molecule has 9 heteroatoms. The third-order valence-electron chi connectivity index (χ3n) is 5.37. The van der Waals surface area contributed by atoms with E-state index in [2.05, 4.69) is 10.2 Å². The summed E-state index contributed by atoms with van der Waals surface area (Å²) in [4.78, 5) is 13.0. The van der Waals surface area contributed by atoms with Crippen LogP contribution in [-0.2, 0) is 18.9 Å². The van der Waals surface area contributed by atoms with Crippen molar-refractivity contribution in [3.05, 3.63) is 42.5 Å². The van der Waals surface area contributed by atoms with Crippen LogP contribution in [0.2, 0.25) is 0 Å². The highest BCUT2D eigenvalue weighted by atomic mass is 16.4. The third kappa shape index (κ3) is 3.29. The third-order valence-corrected chi connectivity index (χ3v) is 5.37. The molecule has 4 rings (SSSR count). The molecule has 3 aromatic rings. The van der Waals surface area contributed by atoms with Crippen LogP contribution in [0, 0.1) is 0 Å². The summed E-state index contributed by atoms with van der Waals surface area (Å²) < 4.78 is 3.85. The number of aliphatic carboxylic acids is 1. The SMILES string of the molecule is Cn1c(N=Nc2ccc(N3CCC(O)C3C(=O)[O-])cc2)[n+](C)c2ccc(N)cc21. The van der Waals surface area contributed by atoms with E-state index in [4.69, 9.17) is 5.73 Å². The molecule has 0 radical (unpaired) electrons. The van der Waals surface area contributed by atoms with Gasteiger partial charge in [-0.05, 0) is 42.8 Å². The van der Waals surface area contributed by atoms with Crippen molar-refractivity contribution in [2.45, 2.75) is 18.6 Å². The summed E-state index contributed by atoms with van der Waals surface area (Å²) in [5, 5.41) is 29.9. The predicted molar refractivity (Wildman–Crippen MR) is 106 cm³/mol. The number of carbonyl (C=O) groups excluding carboxylic acids is 1. The van der Waals surface area contributed by atoms with E-state index in [9.17, 15) is 15.0 Å². The Labute approximate surface area is 167 Å². The number of aliphatic hydroxyl groups is 1. The molecule has 0 aliphatic carbocycles. The molecule has 1 aliphatic heterocycles. The number of carbonyl (C=O) groups is 1. The van der Waals surface area contributed by atoms with Crippen LogP contribution in [-0.4, -0.2) is 34.3 Å². The molecule has 9 nitrogen and oxygen atoms in total. The van der Waals surface area contributed by atoms with Crippen molar-refractivity contribution in [3.63, 3.8) is 0 Å². The molecule has 3 N–H and O–H groups in total.